The van der Waals surface area contributed by atoms with Gasteiger partial charge in [0.25, 0.3) is 0 Å². The van der Waals surface area contributed by atoms with Crippen molar-refractivity contribution in [1.29, 1.82) is 0 Å². The van der Waals surface area contributed by atoms with Crippen molar-refractivity contribution in [3.8, 4) is 0 Å². The SMILES string of the molecule is CC1COC(C)S1. The van der Waals surface area contributed by atoms with Gasteiger partial charge in [0, 0.05) is 5.25 Å². The van der Waals surface area contributed by atoms with E-state index in [2.05, 4.69) is 13.8 Å². The van der Waals surface area contributed by atoms with E-state index in [1.165, 1.54) is 0 Å². The normalized spacial score (nSPS) is 42.0. The van der Waals surface area contributed by atoms with Gasteiger partial charge in [0.05, 0.1) is 6.61 Å². The Kier molecular flexibility index (Phi) is 1.60. The third kappa shape index (κ3) is 1.35. The molecule has 1 saturated heterocycles. The van der Waals surface area contributed by atoms with Crippen LogP contribution >= 0.6 is 11.8 Å². The Morgan fingerprint density at radius 1 is 1.57 bits per heavy atom. The Morgan fingerprint density at radius 2 is 2.29 bits per heavy atom. The van der Waals surface area contributed by atoms with Gasteiger partial charge < -0.3 is 4.74 Å². The summed E-state index contributed by atoms with van der Waals surface area (Å²) < 4.78 is 5.23. The molecule has 1 rings (SSSR count). The molecule has 0 saturated carbocycles. The van der Waals surface area contributed by atoms with Gasteiger partial charge in [-0.2, -0.15) is 0 Å². The Hall–Kier alpha value is 0.310. The van der Waals surface area contributed by atoms with Crippen LogP contribution < -0.4 is 0 Å². The van der Waals surface area contributed by atoms with Gasteiger partial charge in [0.2, 0.25) is 0 Å². The molecule has 0 aromatic carbocycles. The van der Waals surface area contributed by atoms with Gasteiger partial charge in [-0.05, 0) is 6.92 Å². The maximum atomic E-state index is 5.23. The van der Waals surface area contributed by atoms with Gasteiger partial charge >= 0.3 is 0 Å². The first-order chi connectivity index (χ1) is 3.29. The zero-order chi connectivity index (χ0) is 5.28. The van der Waals surface area contributed by atoms with Crippen molar-refractivity contribution in [3.63, 3.8) is 0 Å². The topological polar surface area (TPSA) is 9.23 Å². The second-order valence-electron chi connectivity index (χ2n) is 1.85. The number of hydrogen-bond donors (Lipinski definition) is 0. The molecule has 1 heterocycles. The molecular weight excluding hydrogens is 108 g/mol. The summed E-state index contributed by atoms with van der Waals surface area (Å²) in [4.78, 5) is 0. The summed E-state index contributed by atoms with van der Waals surface area (Å²) in [6.45, 7) is 5.22. The monoisotopic (exact) mass is 118 g/mol. The molecule has 2 unspecified atom stereocenters. The molecule has 42 valence electrons. The molecule has 0 aromatic heterocycles. The van der Waals surface area contributed by atoms with E-state index in [-0.39, 0.29) is 0 Å². The Bertz CT molecular complexity index is 57.1. The highest BCUT2D eigenvalue weighted by atomic mass is 32.2. The highest BCUT2D eigenvalue weighted by molar-refractivity contribution is 8.00. The Balaban J connectivity index is 2.26. The first-order valence-corrected chi connectivity index (χ1v) is 3.50. The summed E-state index contributed by atoms with van der Waals surface area (Å²) >= 11 is 1.90. The first-order valence-electron chi connectivity index (χ1n) is 2.56. The van der Waals surface area contributed by atoms with E-state index in [1.807, 2.05) is 11.8 Å². The molecule has 0 bridgehead atoms. The zero-order valence-electron chi connectivity index (χ0n) is 4.68. The molecule has 0 aliphatic carbocycles. The van der Waals surface area contributed by atoms with Crippen molar-refractivity contribution in [3.05, 3.63) is 0 Å². The van der Waals surface area contributed by atoms with E-state index in [0.717, 1.165) is 11.9 Å². The second-order valence-corrected chi connectivity index (χ2v) is 3.59. The van der Waals surface area contributed by atoms with E-state index in [1.54, 1.807) is 0 Å². The minimum atomic E-state index is 0.440. The van der Waals surface area contributed by atoms with Crippen LogP contribution in [0.25, 0.3) is 0 Å². The maximum absolute atomic E-state index is 5.23. The van der Waals surface area contributed by atoms with Crippen LogP contribution in [0.2, 0.25) is 0 Å². The van der Waals surface area contributed by atoms with Crippen molar-refractivity contribution in [2.45, 2.75) is 24.5 Å². The van der Waals surface area contributed by atoms with Crippen LogP contribution in [-0.4, -0.2) is 17.3 Å². The third-order valence-corrected chi connectivity index (χ3v) is 2.11. The summed E-state index contributed by atoms with van der Waals surface area (Å²) in [5, 5.41) is 0.718. The summed E-state index contributed by atoms with van der Waals surface area (Å²) in [7, 11) is 0. The summed E-state index contributed by atoms with van der Waals surface area (Å²) in [6, 6.07) is 0. The zero-order valence-corrected chi connectivity index (χ0v) is 5.49. The average Bonchev–Trinajstić information content (AvgIpc) is 1.87. The molecule has 0 radical (unpaired) electrons. The Labute approximate surface area is 48.4 Å². The highest BCUT2D eigenvalue weighted by Crippen LogP contribution is 2.25. The molecule has 0 N–H and O–H groups in total. The lowest BCUT2D eigenvalue weighted by Gasteiger charge is -1.94. The van der Waals surface area contributed by atoms with Gasteiger partial charge in [-0.25, -0.2) is 0 Å². The highest BCUT2D eigenvalue weighted by Gasteiger charge is 2.16. The van der Waals surface area contributed by atoms with Crippen LogP contribution in [0.3, 0.4) is 0 Å². The summed E-state index contributed by atoms with van der Waals surface area (Å²) in [5.41, 5.74) is 0.440. The van der Waals surface area contributed by atoms with E-state index in [4.69, 9.17) is 4.74 Å². The maximum Gasteiger partial charge on any atom is 0.100 e. The van der Waals surface area contributed by atoms with Gasteiger partial charge in [-0.3, -0.25) is 0 Å². The summed E-state index contributed by atoms with van der Waals surface area (Å²) in [5.74, 6) is 0. The number of thioether (sulfide) groups is 1. The van der Waals surface area contributed by atoms with Gasteiger partial charge in [0.15, 0.2) is 0 Å². The molecule has 0 amide bonds. The second kappa shape index (κ2) is 2.05. The predicted octanol–water partition coefficient (Wildman–Crippen LogP) is 1.48. The average molecular weight is 118 g/mol. The van der Waals surface area contributed by atoms with Gasteiger partial charge in [-0.15, -0.1) is 11.8 Å². The third-order valence-electron chi connectivity index (χ3n) is 0.990. The molecule has 2 atom stereocenters. The smallest absolute Gasteiger partial charge is 0.100 e. The largest absolute Gasteiger partial charge is 0.367 e. The molecule has 0 aromatic rings. The van der Waals surface area contributed by atoms with E-state index >= 15 is 0 Å². The van der Waals surface area contributed by atoms with Crippen LogP contribution in [-0.2, 0) is 4.74 Å². The van der Waals surface area contributed by atoms with E-state index in [9.17, 15) is 0 Å². The molecule has 2 heteroatoms. The van der Waals surface area contributed by atoms with Crippen LogP contribution in [0.15, 0.2) is 0 Å². The van der Waals surface area contributed by atoms with Crippen molar-refractivity contribution >= 4 is 11.8 Å². The van der Waals surface area contributed by atoms with E-state index in [0.29, 0.717) is 5.44 Å². The minimum absolute atomic E-state index is 0.440. The molecule has 1 nitrogen and oxygen atoms in total. The van der Waals surface area contributed by atoms with Crippen LogP contribution in [0, 0.1) is 0 Å². The van der Waals surface area contributed by atoms with E-state index < -0.39 is 0 Å². The van der Waals surface area contributed by atoms with Crippen LogP contribution in [0.4, 0.5) is 0 Å². The Morgan fingerprint density at radius 3 is 2.43 bits per heavy atom. The molecule has 7 heavy (non-hydrogen) atoms. The minimum Gasteiger partial charge on any atom is -0.367 e. The lowest BCUT2D eigenvalue weighted by Crippen LogP contribution is -1.94. The fourth-order valence-corrected chi connectivity index (χ4v) is 1.65. The van der Waals surface area contributed by atoms with Crippen molar-refractivity contribution in [1.82, 2.24) is 0 Å². The molecule has 1 aliphatic heterocycles. The van der Waals surface area contributed by atoms with Crippen molar-refractivity contribution in [2.24, 2.45) is 0 Å². The molecule has 1 aliphatic rings. The fourth-order valence-electron chi connectivity index (χ4n) is 0.677. The van der Waals surface area contributed by atoms with Crippen molar-refractivity contribution < 1.29 is 4.74 Å². The first kappa shape index (κ1) is 5.45. The van der Waals surface area contributed by atoms with Crippen LogP contribution in [0.5, 0.6) is 0 Å². The standard InChI is InChI=1S/C5H10OS/c1-4-3-6-5(2)7-4/h4-5H,3H2,1-2H3. The van der Waals surface area contributed by atoms with Crippen molar-refractivity contribution in [2.75, 3.05) is 6.61 Å². The fraction of sp³-hybridized carbons (Fsp3) is 1.00. The quantitative estimate of drug-likeness (QED) is 0.476. The number of rotatable bonds is 0. The number of hydrogen-bond acceptors (Lipinski definition) is 2. The summed E-state index contributed by atoms with van der Waals surface area (Å²) in [6.07, 6.45) is 0. The predicted molar refractivity (Wildman–Crippen MR) is 32.5 cm³/mol. The molecule has 0 spiro atoms. The van der Waals surface area contributed by atoms with Crippen LogP contribution in [0.1, 0.15) is 13.8 Å². The lowest BCUT2D eigenvalue weighted by atomic mass is 10.5. The van der Waals surface area contributed by atoms with Gasteiger partial charge in [-0.1, -0.05) is 6.92 Å². The molecular formula is C5H10OS. The van der Waals surface area contributed by atoms with Gasteiger partial charge in [0.1, 0.15) is 5.44 Å². The number of ether oxygens (including phenoxy) is 1. The molecule has 1 fully saturated rings. The lowest BCUT2D eigenvalue weighted by molar-refractivity contribution is 0.147.